The van der Waals surface area contributed by atoms with Crippen molar-refractivity contribution in [1.82, 2.24) is 0 Å². The molecule has 0 bridgehead atoms. The Morgan fingerprint density at radius 1 is 0.521 bits per heavy atom. The van der Waals surface area contributed by atoms with Gasteiger partial charge < -0.3 is 9.47 Å². The quantitative estimate of drug-likeness (QED) is 0.0673. The average Bonchev–Trinajstić information content (AvgIpc) is 3.07. The molecule has 0 aliphatic heterocycles. The first-order valence-corrected chi connectivity index (χ1v) is 17.3. The maximum atomic E-state index is 13.2. The third-order valence-corrected chi connectivity index (χ3v) is 9.59. The van der Waals surface area contributed by atoms with E-state index in [0.29, 0.717) is 0 Å². The molecule has 0 saturated carbocycles. The molecule has 4 aromatic rings. The highest BCUT2D eigenvalue weighted by molar-refractivity contribution is 7.87. The van der Waals surface area contributed by atoms with Crippen molar-refractivity contribution in [2.24, 2.45) is 0 Å². The van der Waals surface area contributed by atoms with Gasteiger partial charge in [0.2, 0.25) is 0 Å². The summed E-state index contributed by atoms with van der Waals surface area (Å²) < 4.78 is 75.2. The van der Waals surface area contributed by atoms with Crippen molar-refractivity contribution >= 4 is 31.6 Å². The SMILES string of the molecule is O=[N+]([O-])c1ccc(S(=O)(=O)O[C@@H](CC[C@@H](COCc2ccccc2)OS(=O)(=O)c2ccc([N+](=O)[O-])cc2)COCc2ccccc2)cc1. The summed E-state index contributed by atoms with van der Waals surface area (Å²) in [5.74, 6) is 0. The molecule has 0 spiro atoms. The van der Waals surface area contributed by atoms with Gasteiger partial charge >= 0.3 is 0 Å². The van der Waals surface area contributed by atoms with E-state index >= 15 is 0 Å². The maximum absolute atomic E-state index is 13.2. The van der Waals surface area contributed by atoms with Crippen molar-refractivity contribution in [1.29, 1.82) is 0 Å². The Morgan fingerprint density at radius 3 is 1.17 bits per heavy atom. The zero-order chi connectivity index (χ0) is 34.6. The summed E-state index contributed by atoms with van der Waals surface area (Å²) in [5, 5.41) is 22.1. The van der Waals surface area contributed by atoms with Gasteiger partial charge in [-0.2, -0.15) is 16.8 Å². The number of nitro benzene ring substituents is 2. The minimum Gasteiger partial charge on any atom is -0.374 e. The molecule has 0 radical (unpaired) electrons. The van der Waals surface area contributed by atoms with Crippen molar-refractivity contribution in [3.8, 4) is 0 Å². The predicted octanol–water partition coefficient (Wildman–Crippen LogP) is 5.56. The number of hydrogen-bond acceptors (Lipinski definition) is 12. The second kappa shape index (κ2) is 17.0. The van der Waals surface area contributed by atoms with Crippen LogP contribution in [-0.2, 0) is 51.3 Å². The molecule has 0 fully saturated rings. The summed E-state index contributed by atoms with van der Waals surface area (Å²) in [6.07, 6.45) is -2.40. The van der Waals surface area contributed by atoms with Gasteiger partial charge in [0.1, 0.15) is 12.2 Å². The fourth-order valence-corrected chi connectivity index (χ4v) is 6.57. The van der Waals surface area contributed by atoms with Crippen LogP contribution in [0.15, 0.2) is 119 Å². The van der Waals surface area contributed by atoms with E-state index in [9.17, 15) is 37.1 Å². The molecule has 0 heterocycles. The van der Waals surface area contributed by atoms with Crippen LogP contribution in [0.25, 0.3) is 0 Å². The number of ether oxygens (including phenoxy) is 2. The van der Waals surface area contributed by atoms with Crippen LogP contribution in [0.1, 0.15) is 24.0 Å². The number of nitrogens with zero attached hydrogens (tertiary/aromatic N) is 2. The molecular weight excluding hydrogens is 668 g/mol. The molecule has 2 atom stereocenters. The molecule has 0 amide bonds. The van der Waals surface area contributed by atoms with Gasteiger partial charge in [-0.15, -0.1) is 0 Å². The van der Waals surface area contributed by atoms with Crippen LogP contribution < -0.4 is 0 Å². The molecule has 0 aromatic heterocycles. The first-order valence-electron chi connectivity index (χ1n) is 14.5. The van der Waals surface area contributed by atoms with Crippen LogP contribution >= 0.6 is 0 Å². The lowest BCUT2D eigenvalue weighted by Gasteiger charge is -2.22. The van der Waals surface area contributed by atoms with E-state index in [-0.39, 0.29) is 60.4 Å². The molecule has 14 nitrogen and oxygen atoms in total. The molecule has 48 heavy (non-hydrogen) atoms. The topological polar surface area (TPSA) is 191 Å². The minimum atomic E-state index is -4.44. The van der Waals surface area contributed by atoms with Crippen molar-refractivity contribution in [3.05, 3.63) is 141 Å². The van der Waals surface area contributed by atoms with Crippen molar-refractivity contribution < 1.29 is 44.5 Å². The number of non-ortho nitro benzene ring substituents is 2. The van der Waals surface area contributed by atoms with Crippen LogP contribution in [0.4, 0.5) is 11.4 Å². The van der Waals surface area contributed by atoms with Crippen LogP contribution in [0.2, 0.25) is 0 Å². The van der Waals surface area contributed by atoms with Crippen LogP contribution in [0.5, 0.6) is 0 Å². The van der Waals surface area contributed by atoms with E-state index in [1.165, 1.54) is 0 Å². The molecule has 254 valence electrons. The molecule has 4 rings (SSSR count). The molecule has 0 aliphatic rings. The summed E-state index contributed by atoms with van der Waals surface area (Å²) in [5.41, 5.74) is 1.03. The highest BCUT2D eigenvalue weighted by atomic mass is 32.2. The lowest BCUT2D eigenvalue weighted by Crippen LogP contribution is -2.29. The van der Waals surface area contributed by atoms with Crippen LogP contribution in [0, 0.1) is 20.2 Å². The van der Waals surface area contributed by atoms with Gasteiger partial charge in [0.25, 0.3) is 31.6 Å². The van der Waals surface area contributed by atoms with E-state index in [2.05, 4.69) is 0 Å². The fraction of sp³-hybridized carbons (Fsp3) is 0.250. The van der Waals surface area contributed by atoms with Gasteiger partial charge in [-0.3, -0.25) is 28.6 Å². The standard InChI is InChI=1S/C32H32N2O12S2/c35-33(36)27-11-17-31(18-12-27)47(39,40)45-29(23-43-21-25-7-3-1-4-8-25)15-16-30(24-44-22-26-9-5-2-6-10-26)46-48(41,42)32-19-13-28(14-20-32)34(37)38/h1-14,17-20,29-30H,15-16,21-24H2/t29-,30-/m0/s1. The zero-order valence-electron chi connectivity index (χ0n) is 25.4. The van der Waals surface area contributed by atoms with Crippen LogP contribution in [-0.4, -0.2) is 52.1 Å². The molecule has 4 aromatic carbocycles. The van der Waals surface area contributed by atoms with Gasteiger partial charge in [-0.25, -0.2) is 0 Å². The van der Waals surface area contributed by atoms with Gasteiger partial charge in [0, 0.05) is 24.3 Å². The van der Waals surface area contributed by atoms with Crippen molar-refractivity contribution in [2.45, 2.75) is 48.1 Å². The first kappa shape index (κ1) is 36.3. The maximum Gasteiger partial charge on any atom is 0.297 e. The van der Waals surface area contributed by atoms with E-state index in [0.717, 1.165) is 59.7 Å². The highest BCUT2D eigenvalue weighted by Crippen LogP contribution is 2.24. The third kappa shape index (κ3) is 11.0. The largest absolute Gasteiger partial charge is 0.374 e. The summed E-state index contributed by atoms with van der Waals surface area (Å²) in [7, 11) is -8.87. The molecule has 0 N–H and O–H groups in total. The number of nitro groups is 2. The Hall–Kier alpha value is -4.58. The summed E-state index contributed by atoms with van der Waals surface area (Å²) in [4.78, 5) is 20.1. The minimum absolute atomic E-state index is 0.0733. The van der Waals surface area contributed by atoms with Gasteiger partial charge in [-0.05, 0) is 48.2 Å². The first-order chi connectivity index (χ1) is 22.9. The Balaban J connectivity index is 1.52. The third-order valence-electron chi connectivity index (χ3n) is 6.84. The van der Waals surface area contributed by atoms with Gasteiger partial charge in [0.05, 0.1) is 46.1 Å². The molecule has 0 unspecified atom stereocenters. The van der Waals surface area contributed by atoms with E-state index < -0.39 is 42.3 Å². The van der Waals surface area contributed by atoms with Gasteiger partial charge in [-0.1, -0.05) is 60.7 Å². The summed E-state index contributed by atoms with van der Waals surface area (Å²) in [6, 6.07) is 26.5. The lowest BCUT2D eigenvalue weighted by atomic mass is 10.1. The monoisotopic (exact) mass is 700 g/mol. The number of benzene rings is 4. The predicted molar refractivity (Wildman–Crippen MR) is 172 cm³/mol. The Bertz CT molecular complexity index is 1720. The Labute approximate surface area is 277 Å². The van der Waals surface area contributed by atoms with Gasteiger partial charge in [0.15, 0.2) is 0 Å². The fourth-order valence-electron chi connectivity index (χ4n) is 4.39. The molecular formula is C32H32N2O12S2. The lowest BCUT2D eigenvalue weighted by molar-refractivity contribution is -0.385. The Morgan fingerprint density at radius 2 is 0.854 bits per heavy atom. The molecule has 16 heteroatoms. The number of rotatable bonds is 19. The van der Waals surface area contributed by atoms with E-state index in [1.807, 2.05) is 60.7 Å². The second-order valence-corrected chi connectivity index (χ2v) is 13.6. The smallest absolute Gasteiger partial charge is 0.297 e. The van der Waals surface area contributed by atoms with E-state index in [1.54, 1.807) is 0 Å². The summed E-state index contributed by atoms with van der Waals surface area (Å²) >= 11 is 0. The Kier molecular flexibility index (Phi) is 12.8. The molecule has 0 aliphatic carbocycles. The highest BCUT2D eigenvalue weighted by Gasteiger charge is 2.27. The van der Waals surface area contributed by atoms with Crippen molar-refractivity contribution in [3.63, 3.8) is 0 Å². The van der Waals surface area contributed by atoms with Crippen LogP contribution in [0.3, 0.4) is 0 Å². The van der Waals surface area contributed by atoms with Crippen molar-refractivity contribution in [2.75, 3.05) is 13.2 Å². The average molecular weight is 701 g/mol. The van der Waals surface area contributed by atoms with E-state index in [4.69, 9.17) is 17.8 Å². The molecule has 0 saturated heterocycles. The summed E-state index contributed by atoms with van der Waals surface area (Å²) in [6.45, 7) is -0.165. The zero-order valence-corrected chi connectivity index (χ0v) is 27.0. The normalized spacial score (nSPS) is 13.1. The number of hydrogen-bond donors (Lipinski definition) is 0. The second-order valence-electron chi connectivity index (χ2n) is 10.4.